The second-order valence-electron chi connectivity index (χ2n) is 5.24. The Bertz CT molecular complexity index is 355. The summed E-state index contributed by atoms with van der Waals surface area (Å²) < 4.78 is 11.0. The lowest BCUT2D eigenvalue weighted by molar-refractivity contribution is 0.0535. The highest BCUT2D eigenvalue weighted by molar-refractivity contribution is 5.23. The Balaban J connectivity index is 1.56. The maximum Gasteiger partial charge on any atom is 0.108 e. The first-order chi connectivity index (χ1) is 8.43. The van der Waals surface area contributed by atoms with Crippen molar-refractivity contribution in [1.29, 1.82) is 0 Å². The van der Waals surface area contributed by atoms with Gasteiger partial charge in [-0.15, -0.1) is 0 Å². The largest absolute Gasteiger partial charge is 0.469 e. The van der Waals surface area contributed by atoms with Gasteiger partial charge in [0, 0.05) is 31.2 Å². The van der Waals surface area contributed by atoms with Crippen LogP contribution in [0.4, 0.5) is 0 Å². The third-order valence-corrected chi connectivity index (χ3v) is 3.96. The number of aryl methyl sites for hydroxylation is 1. The molecule has 17 heavy (non-hydrogen) atoms. The van der Waals surface area contributed by atoms with Gasteiger partial charge < -0.3 is 14.5 Å². The van der Waals surface area contributed by atoms with Crippen LogP contribution in [0, 0.1) is 5.92 Å². The van der Waals surface area contributed by atoms with Gasteiger partial charge in [-0.2, -0.15) is 0 Å². The van der Waals surface area contributed by atoms with Crippen LogP contribution in [-0.4, -0.2) is 19.8 Å². The molecule has 0 saturated carbocycles. The number of hydrogen-bond donors (Lipinski definition) is 1. The minimum absolute atomic E-state index is 0.499. The first-order valence-corrected chi connectivity index (χ1v) is 6.81. The van der Waals surface area contributed by atoms with Gasteiger partial charge >= 0.3 is 0 Å². The van der Waals surface area contributed by atoms with Crippen molar-refractivity contribution in [3.8, 4) is 0 Å². The number of furan rings is 1. The van der Waals surface area contributed by atoms with Crippen LogP contribution in [0.2, 0.25) is 0 Å². The van der Waals surface area contributed by atoms with E-state index < -0.39 is 0 Å². The molecule has 0 spiro atoms. The predicted octanol–water partition coefficient (Wildman–Crippen LogP) is 2.67. The molecule has 1 saturated heterocycles. The number of fused-ring (bicyclic) bond motifs is 1. The molecule has 1 aliphatic carbocycles. The molecular weight excluding hydrogens is 214 g/mol. The molecule has 0 amide bonds. The Labute approximate surface area is 103 Å². The van der Waals surface area contributed by atoms with E-state index in [1.165, 1.54) is 37.0 Å². The van der Waals surface area contributed by atoms with E-state index >= 15 is 0 Å². The fraction of sp³-hybridized carbons (Fsp3) is 0.714. The normalized spacial score (nSPS) is 28.9. The summed E-state index contributed by atoms with van der Waals surface area (Å²) in [5.41, 5.74) is 1.38. The molecule has 2 heterocycles. The summed E-state index contributed by atoms with van der Waals surface area (Å²) in [6.45, 7) is 2.96. The molecular formula is C14H21NO2. The van der Waals surface area contributed by atoms with Crippen LogP contribution in [0.15, 0.2) is 16.7 Å². The lowest BCUT2D eigenvalue weighted by atomic mass is 9.92. The first kappa shape index (κ1) is 11.3. The number of rotatable bonds is 3. The van der Waals surface area contributed by atoms with Gasteiger partial charge in [-0.3, -0.25) is 0 Å². The van der Waals surface area contributed by atoms with E-state index in [4.69, 9.17) is 9.15 Å². The summed E-state index contributed by atoms with van der Waals surface area (Å²) in [7, 11) is 0. The van der Waals surface area contributed by atoms with Crippen molar-refractivity contribution in [2.24, 2.45) is 5.92 Å². The SMILES string of the molecule is c1cc2c(o1)CCCC2NCC1CCCOC1. The van der Waals surface area contributed by atoms with Crippen LogP contribution in [0.5, 0.6) is 0 Å². The zero-order chi connectivity index (χ0) is 11.5. The summed E-state index contributed by atoms with van der Waals surface area (Å²) in [5.74, 6) is 1.88. The van der Waals surface area contributed by atoms with E-state index in [9.17, 15) is 0 Å². The number of hydrogen-bond acceptors (Lipinski definition) is 3. The monoisotopic (exact) mass is 235 g/mol. The van der Waals surface area contributed by atoms with E-state index in [0.29, 0.717) is 12.0 Å². The van der Waals surface area contributed by atoms with Gasteiger partial charge in [0.1, 0.15) is 5.76 Å². The Morgan fingerprint density at radius 2 is 2.29 bits per heavy atom. The predicted molar refractivity (Wildman–Crippen MR) is 65.9 cm³/mol. The van der Waals surface area contributed by atoms with Crippen LogP contribution in [0.1, 0.15) is 43.0 Å². The smallest absolute Gasteiger partial charge is 0.108 e. The summed E-state index contributed by atoms with van der Waals surface area (Å²) in [6.07, 6.45) is 7.92. The van der Waals surface area contributed by atoms with E-state index in [0.717, 1.165) is 26.2 Å². The summed E-state index contributed by atoms with van der Waals surface area (Å²) >= 11 is 0. The second-order valence-corrected chi connectivity index (χ2v) is 5.24. The molecule has 2 unspecified atom stereocenters. The van der Waals surface area contributed by atoms with Crippen LogP contribution in [0.25, 0.3) is 0 Å². The third kappa shape index (κ3) is 2.55. The molecule has 0 bridgehead atoms. The Hall–Kier alpha value is -0.800. The Morgan fingerprint density at radius 1 is 1.29 bits per heavy atom. The van der Waals surface area contributed by atoms with Gasteiger partial charge in [-0.1, -0.05) is 0 Å². The molecule has 1 aromatic rings. The molecule has 2 aliphatic rings. The molecule has 94 valence electrons. The highest BCUT2D eigenvalue weighted by atomic mass is 16.5. The average molecular weight is 235 g/mol. The van der Waals surface area contributed by atoms with Crippen LogP contribution >= 0.6 is 0 Å². The number of nitrogens with one attached hydrogen (secondary N) is 1. The van der Waals surface area contributed by atoms with E-state index in [-0.39, 0.29) is 0 Å². The van der Waals surface area contributed by atoms with Gasteiger partial charge in [0.25, 0.3) is 0 Å². The summed E-state index contributed by atoms with van der Waals surface area (Å²) in [4.78, 5) is 0. The average Bonchev–Trinajstić information content (AvgIpc) is 2.86. The van der Waals surface area contributed by atoms with Gasteiger partial charge in [-0.25, -0.2) is 0 Å². The van der Waals surface area contributed by atoms with E-state index in [1.807, 2.05) is 6.26 Å². The maximum absolute atomic E-state index is 5.52. The Morgan fingerprint density at radius 3 is 3.18 bits per heavy atom. The Kier molecular flexibility index (Phi) is 3.48. The lowest BCUT2D eigenvalue weighted by Crippen LogP contribution is -2.33. The first-order valence-electron chi connectivity index (χ1n) is 6.81. The van der Waals surface area contributed by atoms with Crippen molar-refractivity contribution in [2.45, 2.75) is 38.1 Å². The highest BCUT2D eigenvalue weighted by Crippen LogP contribution is 2.30. The summed E-state index contributed by atoms with van der Waals surface area (Å²) in [6, 6.07) is 2.63. The zero-order valence-electron chi connectivity index (χ0n) is 10.3. The molecule has 2 atom stereocenters. The minimum Gasteiger partial charge on any atom is -0.469 e. The molecule has 0 radical (unpaired) electrons. The van der Waals surface area contributed by atoms with Gasteiger partial charge in [-0.05, 0) is 37.7 Å². The van der Waals surface area contributed by atoms with Crippen molar-refractivity contribution < 1.29 is 9.15 Å². The van der Waals surface area contributed by atoms with Gasteiger partial charge in [0.05, 0.1) is 12.9 Å². The zero-order valence-corrected chi connectivity index (χ0v) is 10.3. The fourth-order valence-electron chi connectivity index (χ4n) is 2.98. The second kappa shape index (κ2) is 5.23. The number of ether oxygens (including phenoxy) is 1. The van der Waals surface area contributed by atoms with Gasteiger partial charge in [0.2, 0.25) is 0 Å². The van der Waals surface area contributed by atoms with Crippen molar-refractivity contribution >= 4 is 0 Å². The lowest BCUT2D eigenvalue weighted by Gasteiger charge is -2.27. The van der Waals surface area contributed by atoms with Crippen molar-refractivity contribution in [2.75, 3.05) is 19.8 Å². The van der Waals surface area contributed by atoms with E-state index in [1.54, 1.807) is 0 Å². The van der Waals surface area contributed by atoms with Gasteiger partial charge in [0.15, 0.2) is 0 Å². The molecule has 1 fully saturated rings. The summed E-state index contributed by atoms with van der Waals surface area (Å²) in [5, 5.41) is 3.69. The molecule has 1 N–H and O–H groups in total. The third-order valence-electron chi connectivity index (χ3n) is 3.96. The molecule has 0 aromatic carbocycles. The molecule has 3 nitrogen and oxygen atoms in total. The maximum atomic E-state index is 5.52. The van der Waals surface area contributed by atoms with Crippen molar-refractivity contribution in [3.05, 3.63) is 23.7 Å². The molecule has 1 aliphatic heterocycles. The van der Waals surface area contributed by atoms with Crippen molar-refractivity contribution in [3.63, 3.8) is 0 Å². The van der Waals surface area contributed by atoms with Crippen LogP contribution < -0.4 is 5.32 Å². The minimum atomic E-state index is 0.499. The quantitative estimate of drug-likeness (QED) is 0.874. The van der Waals surface area contributed by atoms with Crippen molar-refractivity contribution in [1.82, 2.24) is 5.32 Å². The fourth-order valence-corrected chi connectivity index (χ4v) is 2.98. The highest BCUT2D eigenvalue weighted by Gasteiger charge is 2.23. The topological polar surface area (TPSA) is 34.4 Å². The van der Waals surface area contributed by atoms with E-state index in [2.05, 4.69) is 11.4 Å². The van der Waals surface area contributed by atoms with Crippen LogP contribution in [-0.2, 0) is 11.2 Å². The molecule has 3 heteroatoms. The molecule has 1 aromatic heterocycles. The molecule has 3 rings (SSSR count). The standard InChI is InChI=1S/C14H21NO2/c1-4-13(12-6-8-17-14(12)5-1)15-9-11-3-2-7-16-10-11/h6,8,11,13,15H,1-5,7,9-10H2. The van der Waals surface area contributed by atoms with Crippen LogP contribution in [0.3, 0.4) is 0 Å².